The maximum absolute atomic E-state index is 12.7. The number of alkyl halides is 3. The first-order valence-electron chi connectivity index (χ1n) is 8.27. The normalized spacial score (nSPS) is 20.2. The number of amides is 2. The third-order valence-corrected chi connectivity index (χ3v) is 4.17. The molecule has 0 aliphatic carbocycles. The molecule has 140 valence electrons. The van der Waals surface area contributed by atoms with Gasteiger partial charge in [-0.3, -0.25) is 9.59 Å². The Morgan fingerprint density at radius 2 is 1.73 bits per heavy atom. The van der Waals surface area contributed by atoms with E-state index in [1.807, 2.05) is 11.4 Å². The number of carbonyl (C=O) groups is 2. The lowest BCUT2D eigenvalue weighted by atomic mass is 9.92. The highest BCUT2D eigenvalue weighted by Crippen LogP contribution is 2.29. The number of piperidine rings is 1. The molecule has 0 aromatic heterocycles. The van der Waals surface area contributed by atoms with Gasteiger partial charge in [0.25, 0.3) is 0 Å². The summed E-state index contributed by atoms with van der Waals surface area (Å²) in [6.07, 6.45) is -0.306. The summed E-state index contributed by atoms with van der Waals surface area (Å²) >= 11 is 0. The maximum Gasteiger partial charge on any atom is 0.408 e. The molecule has 1 aromatic carbocycles. The van der Waals surface area contributed by atoms with Crippen LogP contribution in [0.15, 0.2) is 43.5 Å². The predicted molar refractivity (Wildman–Crippen MR) is 93.6 cm³/mol. The molecule has 7 heteroatoms. The van der Waals surface area contributed by atoms with Crippen LogP contribution >= 0.6 is 0 Å². The third kappa shape index (κ3) is 4.97. The van der Waals surface area contributed by atoms with Gasteiger partial charge in [0, 0.05) is 5.69 Å². The highest BCUT2D eigenvalue weighted by Gasteiger charge is 2.45. The van der Waals surface area contributed by atoms with E-state index in [2.05, 4.69) is 18.5 Å². The molecule has 1 heterocycles. The topological polar surface area (TPSA) is 58.2 Å². The second kappa shape index (κ2) is 8.21. The van der Waals surface area contributed by atoms with Crippen LogP contribution in [0.5, 0.6) is 0 Å². The van der Waals surface area contributed by atoms with Crippen LogP contribution in [-0.2, 0) is 22.4 Å². The van der Waals surface area contributed by atoms with Gasteiger partial charge in [0.2, 0.25) is 11.8 Å². The summed E-state index contributed by atoms with van der Waals surface area (Å²) in [5.41, 5.74) is 2.36. The molecule has 4 nitrogen and oxygen atoms in total. The molecular weight excluding hydrogens is 345 g/mol. The highest BCUT2D eigenvalue weighted by molar-refractivity contribution is 6.06. The Hall–Kier alpha value is -2.57. The molecule has 1 fully saturated rings. The molecule has 2 unspecified atom stereocenters. The molecule has 0 radical (unpaired) electrons. The molecule has 0 bridgehead atoms. The van der Waals surface area contributed by atoms with Gasteiger partial charge in [-0.2, -0.15) is 13.2 Å². The van der Waals surface area contributed by atoms with Crippen LogP contribution in [0.4, 0.5) is 18.9 Å². The van der Waals surface area contributed by atoms with Crippen molar-refractivity contribution in [1.82, 2.24) is 5.32 Å². The molecule has 2 N–H and O–H groups in total. The summed E-state index contributed by atoms with van der Waals surface area (Å²) in [4.78, 5) is 24.3. The Bertz CT molecular complexity index is 685. The molecule has 1 saturated heterocycles. The van der Waals surface area contributed by atoms with Crippen LogP contribution in [-0.4, -0.2) is 24.0 Å². The van der Waals surface area contributed by atoms with Crippen molar-refractivity contribution < 1.29 is 22.8 Å². The van der Waals surface area contributed by atoms with Gasteiger partial charge in [0.05, 0.1) is 0 Å². The first kappa shape index (κ1) is 19.8. The quantitative estimate of drug-likeness (QED) is 0.598. The van der Waals surface area contributed by atoms with Crippen molar-refractivity contribution in [3.63, 3.8) is 0 Å². The number of benzene rings is 1. The van der Waals surface area contributed by atoms with E-state index < -0.39 is 30.0 Å². The fourth-order valence-corrected chi connectivity index (χ4v) is 2.94. The lowest BCUT2D eigenvalue weighted by molar-refractivity contribution is -0.170. The number of nitrogens with one attached hydrogen (secondary N) is 2. The fourth-order valence-electron chi connectivity index (χ4n) is 2.94. The summed E-state index contributed by atoms with van der Waals surface area (Å²) in [5, 5.41) is 4.53. The van der Waals surface area contributed by atoms with Gasteiger partial charge in [-0.15, -0.1) is 13.2 Å². The summed E-state index contributed by atoms with van der Waals surface area (Å²) in [6, 6.07) is 3.58. The van der Waals surface area contributed by atoms with Gasteiger partial charge < -0.3 is 10.6 Å². The number of carbonyl (C=O) groups excluding carboxylic acids is 2. The minimum Gasteiger partial charge on any atom is -0.344 e. The van der Waals surface area contributed by atoms with Crippen molar-refractivity contribution >= 4 is 17.5 Å². The fraction of sp³-hybridized carbons (Fsp3) is 0.368. The molecule has 0 spiro atoms. The van der Waals surface area contributed by atoms with Crippen molar-refractivity contribution in [2.75, 3.05) is 5.32 Å². The number of hydrogen-bond donors (Lipinski definition) is 2. The van der Waals surface area contributed by atoms with Crippen LogP contribution < -0.4 is 10.6 Å². The second-order valence-electron chi connectivity index (χ2n) is 6.25. The van der Waals surface area contributed by atoms with Gasteiger partial charge >= 0.3 is 6.18 Å². The van der Waals surface area contributed by atoms with Crippen LogP contribution in [0, 0.1) is 5.92 Å². The number of allylic oxidation sites excluding steroid dienone is 2. The standard InChI is InChI=1S/C19H21F3N2O2/c1-3-5-12-9-13(6-4-2)11-14(10-12)23-17(25)15-7-8-16(19(20,21)22)24-18(15)26/h3-4,9-11,15-16H,1-2,5-8H2,(H,23,25)(H,24,26). The Morgan fingerprint density at radius 1 is 1.15 bits per heavy atom. The first-order valence-corrected chi connectivity index (χ1v) is 8.27. The summed E-state index contributed by atoms with van der Waals surface area (Å²) in [7, 11) is 0. The minimum atomic E-state index is -4.50. The zero-order valence-corrected chi connectivity index (χ0v) is 14.2. The Morgan fingerprint density at radius 3 is 2.19 bits per heavy atom. The molecule has 26 heavy (non-hydrogen) atoms. The van der Waals surface area contributed by atoms with Crippen LogP contribution in [0.3, 0.4) is 0 Å². The van der Waals surface area contributed by atoms with Crippen molar-refractivity contribution in [3.8, 4) is 0 Å². The van der Waals surface area contributed by atoms with E-state index in [1.54, 1.807) is 24.3 Å². The van der Waals surface area contributed by atoms with E-state index in [0.717, 1.165) is 11.1 Å². The monoisotopic (exact) mass is 366 g/mol. The second-order valence-corrected chi connectivity index (χ2v) is 6.25. The van der Waals surface area contributed by atoms with Crippen LogP contribution in [0.1, 0.15) is 24.0 Å². The van der Waals surface area contributed by atoms with Gasteiger partial charge in [0.1, 0.15) is 12.0 Å². The lowest BCUT2D eigenvalue weighted by Crippen LogP contribution is -2.53. The molecule has 2 rings (SSSR count). The number of rotatable bonds is 6. The minimum absolute atomic E-state index is 0.145. The Kier molecular flexibility index (Phi) is 6.23. The lowest BCUT2D eigenvalue weighted by Gasteiger charge is -2.29. The molecule has 0 saturated carbocycles. The third-order valence-electron chi connectivity index (χ3n) is 4.17. The van der Waals surface area contributed by atoms with Crippen molar-refractivity contribution in [2.24, 2.45) is 5.92 Å². The van der Waals surface area contributed by atoms with E-state index >= 15 is 0 Å². The smallest absolute Gasteiger partial charge is 0.344 e. The van der Waals surface area contributed by atoms with Gasteiger partial charge in [0.15, 0.2) is 0 Å². The molecule has 2 atom stereocenters. The Labute approximate surface area is 150 Å². The van der Waals surface area contributed by atoms with Gasteiger partial charge in [-0.05, 0) is 48.9 Å². The van der Waals surface area contributed by atoms with E-state index in [-0.39, 0.29) is 12.8 Å². The predicted octanol–water partition coefficient (Wildman–Crippen LogP) is 3.54. The molecule has 2 amide bonds. The SMILES string of the molecule is C=CCc1cc(CC=C)cc(NC(=O)C2CCC(C(F)(F)F)NC2=O)c1. The van der Waals surface area contributed by atoms with E-state index in [9.17, 15) is 22.8 Å². The van der Waals surface area contributed by atoms with E-state index in [1.165, 1.54) is 0 Å². The molecule has 1 aromatic rings. The van der Waals surface area contributed by atoms with Crippen LogP contribution in [0.25, 0.3) is 0 Å². The largest absolute Gasteiger partial charge is 0.408 e. The first-order chi connectivity index (χ1) is 12.2. The van der Waals surface area contributed by atoms with Gasteiger partial charge in [-0.25, -0.2) is 0 Å². The number of anilines is 1. The maximum atomic E-state index is 12.7. The van der Waals surface area contributed by atoms with E-state index in [0.29, 0.717) is 18.5 Å². The number of halogens is 3. The average Bonchev–Trinajstić information content (AvgIpc) is 2.54. The summed E-state index contributed by atoms with van der Waals surface area (Å²) in [6.45, 7) is 7.36. The van der Waals surface area contributed by atoms with Gasteiger partial charge in [-0.1, -0.05) is 18.2 Å². The van der Waals surface area contributed by atoms with Crippen LogP contribution in [0.2, 0.25) is 0 Å². The summed E-state index contributed by atoms with van der Waals surface area (Å²) < 4.78 is 38.1. The molecular formula is C19H21F3N2O2. The van der Waals surface area contributed by atoms with Crippen molar-refractivity contribution in [3.05, 3.63) is 54.6 Å². The zero-order valence-electron chi connectivity index (χ0n) is 14.2. The number of hydrogen-bond acceptors (Lipinski definition) is 2. The Balaban J connectivity index is 2.11. The average molecular weight is 366 g/mol. The van der Waals surface area contributed by atoms with E-state index in [4.69, 9.17) is 0 Å². The van der Waals surface area contributed by atoms with Crippen molar-refractivity contribution in [2.45, 2.75) is 37.9 Å². The summed E-state index contributed by atoms with van der Waals surface area (Å²) in [5.74, 6) is -2.65. The highest BCUT2D eigenvalue weighted by atomic mass is 19.4. The van der Waals surface area contributed by atoms with Crippen molar-refractivity contribution in [1.29, 1.82) is 0 Å². The molecule has 1 aliphatic heterocycles. The molecule has 1 aliphatic rings. The zero-order chi connectivity index (χ0) is 19.3.